The highest BCUT2D eigenvalue weighted by atomic mass is 16.5. The molecule has 0 aliphatic rings. The predicted octanol–water partition coefficient (Wildman–Crippen LogP) is 1.86. The molecule has 1 aromatic rings. The fraction of sp³-hybridized carbons (Fsp3) is 0.538. The molecule has 1 atom stereocenters. The van der Waals surface area contributed by atoms with Gasteiger partial charge in [0.05, 0.1) is 7.11 Å². The third-order valence-corrected chi connectivity index (χ3v) is 2.58. The minimum absolute atomic E-state index is 0.276. The molecule has 0 aliphatic heterocycles. The second-order valence-corrected chi connectivity index (χ2v) is 4.35. The molecule has 1 rings (SSSR count). The van der Waals surface area contributed by atoms with E-state index in [9.17, 15) is 0 Å². The quantitative estimate of drug-likeness (QED) is 0.798. The van der Waals surface area contributed by atoms with Gasteiger partial charge in [0.15, 0.2) is 0 Å². The average molecular weight is 222 g/mol. The Labute approximate surface area is 98.2 Å². The summed E-state index contributed by atoms with van der Waals surface area (Å²) in [5.41, 5.74) is 7.03. The molecule has 0 radical (unpaired) electrons. The maximum absolute atomic E-state index is 5.73. The van der Waals surface area contributed by atoms with Gasteiger partial charge < -0.3 is 15.4 Å². The van der Waals surface area contributed by atoms with Crippen molar-refractivity contribution in [2.45, 2.75) is 25.9 Å². The second kappa shape index (κ2) is 6.51. The smallest absolute Gasteiger partial charge is 0.118 e. The van der Waals surface area contributed by atoms with Crippen LogP contribution in [0.15, 0.2) is 24.3 Å². The highest BCUT2D eigenvalue weighted by Crippen LogP contribution is 2.12. The lowest BCUT2D eigenvalue weighted by Gasteiger charge is -2.17. The molecule has 1 aromatic carbocycles. The van der Waals surface area contributed by atoms with Gasteiger partial charge in [-0.05, 0) is 44.6 Å². The van der Waals surface area contributed by atoms with Crippen molar-refractivity contribution in [2.75, 3.05) is 20.7 Å². The molecule has 0 aromatic heterocycles. The highest BCUT2D eigenvalue weighted by Gasteiger charge is 2.02. The standard InChI is InChI=1S/C13H22N2O/c1-11(14)8-9-15(2)10-12-4-6-13(16-3)7-5-12/h4-7,11H,8-10,14H2,1-3H3. The molecule has 16 heavy (non-hydrogen) atoms. The second-order valence-electron chi connectivity index (χ2n) is 4.35. The van der Waals surface area contributed by atoms with Crippen LogP contribution in [0.5, 0.6) is 5.75 Å². The monoisotopic (exact) mass is 222 g/mol. The maximum Gasteiger partial charge on any atom is 0.118 e. The van der Waals surface area contributed by atoms with E-state index >= 15 is 0 Å². The normalized spacial score (nSPS) is 12.8. The van der Waals surface area contributed by atoms with Crippen molar-refractivity contribution in [3.63, 3.8) is 0 Å². The lowest BCUT2D eigenvalue weighted by atomic mass is 10.2. The van der Waals surface area contributed by atoms with Crippen LogP contribution in [-0.2, 0) is 6.54 Å². The molecule has 0 bridgehead atoms. The van der Waals surface area contributed by atoms with E-state index in [4.69, 9.17) is 10.5 Å². The first-order chi connectivity index (χ1) is 7.61. The van der Waals surface area contributed by atoms with Gasteiger partial charge in [-0.2, -0.15) is 0 Å². The summed E-state index contributed by atoms with van der Waals surface area (Å²) in [4.78, 5) is 2.28. The fourth-order valence-electron chi connectivity index (χ4n) is 1.55. The summed E-state index contributed by atoms with van der Waals surface area (Å²) in [6.45, 7) is 4.03. The molecule has 0 amide bonds. The molecule has 90 valence electrons. The lowest BCUT2D eigenvalue weighted by Crippen LogP contribution is -2.25. The number of methoxy groups -OCH3 is 1. The van der Waals surface area contributed by atoms with Crippen molar-refractivity contribution in [2.24, 2.45) is 5.73 Å². The third kappa shape index (κ3) is 4.64. The van der Waals surface area contributed by atoms with E-state index in [1.807, 2.05) is 19.1 Å². The van der Waals surface area contributed by atoms with E-state index in [0.29, 0.717) is 0 Å². The zero-order chi connectivity index (χ0) is 12.0. The van der Waals surface area contributed by atoms with Crippen molar-refractivity contribution >= 4 is 0 Å². The number of hydrogen-bond acceptors (Lipinski definition) is 3. The number of rotatable bonds is 6. The van der Waals surface area contributed by atoms with E-state index < -0.39 is 0 Å². The molecule has 0 saturated heterocycles. The molecule has 0 spiro atoms. The Hall–Kier alpha value is -1.06. The Morgan fingerprint density at radius 1 is 1.31 bits per heavy atom. The maximum atomic E-state index is 5.73. The Balaban J connectivity index is 2.40. The summed E-state index contributed by atoms with van der Waals surface area (Å²) in [7, 11) is 3.80. The molecule has 0 aliphatic carbocycles. The van der Waals surface area contributed by atoms with E-state index in [1.165, 1.54) is 5.56 Å². The third-order valence-electron chi connectivity index (χ3n) is 2.58. The molecule has 3 nitrogen and oxygen atoms in total. The number of hydrogen-bond donors (Lipinski definition) is 1. The van der Waals surface area contributed by atoms with Crippen molar-refractivity contribution in [1.82, 2.24) is 4.90 Å². The number of benzene rings is 1. The number of nitrogens with zero attached hydrogens (tertiary/aromatic N) is 1. The van der Waals surface area contributed by atoms with Gasteiger partial charge >= 0.3 is 0 Å². The Bertz CT molecular complexity index is 295. The fourth-order valence-corrected chi connectivity index (χ4v) is 1.55. The van der Waals surface area contributed by atoms with Gasteiger partial charge in [0.25, 0.3) is 0 Å². The summed E-state index contributed by atoms with van der Waals surface area (Å²) >= 11 is 0. The first kappa shape index (κ1) is 13.0. The van der Waals surface area contributed by atoms with Gasteiger partial charge in [-0.15, -0.1) is 0 Å². The number of ether oxygens (including phenoxy) is 1. The van der Waals surface area contributed by atoms with E-state index in [-0.39, 0.29) is 6.04 Å². The van der Waals surface area contributed by atoms with Gasteiger partial charge in [-0.3, -0.25) is 0 Å². The van der Waals surface area contributed by atoms with Gasteiger partial charge in [0.1, 0.15) is 5.75 Å². The van der Waals surface area contributed by atoms with Crippen molar-refractivity contribution in [3.05, 3.63) is 29.8 Å². The molecule has 0 fully saturated rings. The van der Waals surface area contributed by atoms with Crippen molar-refractivity contribution in [1.29, 1.82) is 0 Å². The topological polar surface area (TPSA) is 38.5 Å². The largest absolute Gasteiger partial charge is 0.497 e. The minimum Gasteiger partial charge on any atom is -0.497 e. The molecule has 3 heteroatoms. The first-order valence-electron chi connectivity index (χ1n) is 5.69. The zero-order valence-electron chi connectivity index (χ0n) is 10.4. The van der Waals surface area contributed by atoms with Crippen LogP contribution in [0.25, 0.3) is 0 Å². The molecular formula is C13H22N2O. The van der Waals surface area contributed by atoms with Gasteiger partial charge in [-0.1, -0.05) is 12.1 Å². The number of nitrogens with two attached hydrogens (primary N) is 1. The van der Waals surface area contributed by atoms with Crippen molar-refractivity contribution in [3.8, 4) is 5.75 Å². The highest BCUT2D eigenvalue weighted by molar-refractivity contribution is 5.26. The van der Waals surface area contributed by atoms with E-state index in [1.54, 1.807) is 7.11 Å². The molecular weight excluding hydrogens is 200 g/mol. The Morgan fingerprint density at radius 2 is 1.94 bits per heavy atom. The first-order valence-corrected chi connectivity index (χ1v) is 5.69. The van der Waals surface area contributed by atoms with Gasteiger partial charge in [0, 0.05) is 12.6 Å². The summed E-state index contributed by atoms with van der Waals surface area (Å²) in [5, 5.41) is 0. The zero-order valence-corrected chi connectivity index (χ0v) is 10.4. The van der Waals surface area contributed by atoms with Crippen LogP contribution in [-0.4, -0.2) is 31.6 Å². The van der Waals surface area contributed by atoms with E-state index in [2.05, 4.69) is 24.1 Å². The van der Waals surface area contributed by atoms with Crippen LogP contribution in [0.2, 0.25) is 0 Å². The van der Waals surface area contributed by atoms with Crippen LogP contribution in [0.1, 0.15) is 18.9 Å². The summed E-state index contributed by atoms with van der Waals surface area (Å²) in [6.07, 6.45) is 1.03. The summed E-state index contributed by atoms with van der Waals surface area (Å²) in [6, 6.07) is 8.46. The van der Waals surface area contributed by atoms with Crippen LogP contribution in [0.3, 0.4) is 0 Å². The van der Waals surface area contributed by atoms with Crippen LogP contribution in [0, 0.1) is 0 Å². The lowest BCUT2D eigenvalue weighted by molar-refractivity contribution is 0.313. The molecule has 0 saturated carbocycles. The van der Waals surface area contributed by atoms with Crippen molar-refractivity contribution < 1.29 is 4.74 Å². The SMILES string of the molecule is COc1ccc(CN(C)CCC(C)N)cc1. The Kier molecular flexibility index (Phi) is 5.29. The van der Waals surface area contributed by atoms with Gasteiger partial charge in [0.2, 0.25) is 0 Å². The molecule has 2 N–H and O–H groups in total. The minimum atomic E-state index is 0.276. The van der Waals surface area contributed by atoms with Crippen LogP contribution >= 0.6 is 0 Å². The molecule has 1 unspecified atom stereocenters. The van der Waals surface area contributed by atoms with Gasteiger partial charge in [-0.25, -0.2) is 0 Å². The summed E-state index contributed by atoms with van der Waals surface area (Å²) < 4.78 is 5.12. The summed E-state index contributed by atoms with van der Waals surface area (Å²) in [5.74, 6) is 0.905. The average Bonchev–Trinajstić information content (AvgIpc) is 2.27. The van der Waals surface area contributed by atoms with E-state index in [0.717, 1.165) is 25.3 Å². The van der Waals surface area contributed by atoms with Crippen LogP contribution < -0.4 is 10.5 Å². The molecule has 0 heterocycles. The predicted molar refractivity (Wildman–Crippen MR) is 67.6 cm³/mol. The Morgan fingerprint density at radius 3 is 2.44 bits per heavy atom. The van der Waals surface area contributed by atoms with Crippen LogP contribution in [0.4, 0.5) is 0 Å².